The second-order valence-electron chi connectivity index (χ2n) is 4.95. The molecule has 0 aliphatic carbocycles. The molecule has 96 valence electrons. The van der Waals surface area contributed by atoms with E-state index in [0.717, 1.165) is 10.2 Å². The monoisotopic (exact) mass is 315 g/mol. The number of hydrogen-bond acceptors (Lipinski definition) is 1. The maximum Gasteiger partial charge on any atom is 0.225 e. The Labute approximate surface area is 121 Å². The van der Waals surface area contributed by atoms with Crippen molar-refractivity contribution in [1.82, 2.24) is 0 Å². The second kappa shape index (κ2) is 4.82. The third-order valence-corrected chi connectivity index (χ3v) is 4.05. The first-order chi connectivity index (χ1) is 9.13. The zero-order chi connectivity index (χ0) is 13.4. The molecule has 3 heteroatoms. The van der Waals surface area contributed by atoms with Gasteiger partial charge in [-0.15, -0.1) is 0 Å². The van der Waals surface area contributed by atoms with Gasteiger partial charge in [-0.3, -0.25) is 4.79 Å². The zero-order valence-corrected chi connectivity index (χ0v) is 12.2. The van der Waals surface area contributed by atoms with Gasteiger partial charge >= 0.3 is 0 Å². The van der Waals surface area contributed by atoms with Crippen LogP contribution in [-0.4, -0.2) is 5.91 Å². The molecule has 0 radical (unpaired) electrons. The van der Waals surface area contributed by atoms with Crippen molar-refractivity contribution < 1.29 is 4.79 Å². The Kier molecular flexibility index (Phi) is 3.15. The van der Waals surface area contributed by atoms with E-state index in [1.807, 2.05) is 24.3 Å². The largest absolute Gasteiger partial charge is 0.326 e. The first-order valence-corrected chi connectivity index (χ1v) is 7.08. The van der Waals surface area contributed by atoms with Crippen molar-refractivity contribution in [1.29, 1.82) is 0 Å². The molecule has 0 fully saturated rings. The quantitative estimate of drug-likeness (QED) is 0.838. The fourth-order valence-electron chi connectivity index (χ4n) is 2.57. The molecule has 1 aliphatic rings. The van der Waals surface area contributed by atoms with E-state index in [4.69, 9.17) is 0 Å². The first-order valence-electron chi connectivity index (χ1n) is 6.29. The van der Waals surface area contributed by atoms with Gasteiger partial charge in [0.1, 0.15) is 0 Å². The molecule has 2 aromatic rings. The number of fused-ring (bicyclic) bond motifs is 1. The molecule has 1 aliphatic heterocycles. The fraction of sp³-hybridized carbons (Fsp3) is 0.188. The molecule has 1 N–H and O–H groups in total. The van der Waals surface area contributed by atoms with Gasteiger partial charge in [-0.05, 0) is 36.2 Å². The first kappa shape index (κ1) is 12.4. The Hall–Kier alpha value is -1.61. The summed E-state index contributed by atoms with van der Waals surface area (Å²) >= 11 is 3.45. The van der Waals surface area contributed by atoms with E-state index < -0.39 is 0 Å². The smallest absolute Gasteiger partial charge is 0.225 e. The third kappa shape index (κ3) is 2.43. The molecule has 1 heterocycles. The average molecular weight is 316 g/mol. The van der Waals surface area contributed by atoms with Crippen molar-refractivity contribution in [2.75, 3.05) is 5.32 Å². The Morgan fingerprint density at radius 3 is 2.63 bits per heavy atom. The lowest BCUT2D eigenvalue weighted by atomic mass is 9.84. The lowest BCUT2D eigenvalue weighted by Crippen LogP contribution is -2.23. The predicted molar refractivity (Wildman–Crippen MR) is 80.4 cm³/mol. The van der Waals surface area contributed by atoms with Crippen LogP contribution in [0, 0.1) is 6.92 Å². The van der Waals surface area contributed by atoms with E-state index in [2.05, 4.69) is 46.4 Å². The molecule has 0 bridgehead atoms. The molecule has 19 heavy (non-hydrogen) atoms. The summed E-state index contributed by atoms with van der Waals surface area (Å²) in [5.74, 6) is 0.237. The molecule has 0 spiro atoms. The van der Waals surface area contributed by atoms with Crippen molar-refractivity contribution in [2.24, 2.45) is 0 Å². The van der Waals surface area contributed by atoms with Gasteiger partial charge in [0.25, 0.3) is 0 Å². The molecule has 1 unspecified atom stereocenters. The number of carbonyl (C=O) groups excluding carboxylic acids is 1. The van der Waals surface area contributed by atoms with Gasteiger partial charge in [-0.25, -0.2) is 0 Å². The lowest BCUT2D eigenvalue weighted by Gasteiger charge is -2.26. The topological polar surface area (TPSA) is 29.1 Å². The Morgan fingerprint density at radius 2 is 1.89 bits per heavy atom. The number of nitrogens with one attached hydrogen (secondary N) is 1. The molecule has 1 amide bonds. The van der Waals surface area contributed by atoms with Crippen LogP contribution < -0.4 is 5.32 Å². The van der Waals surface area contributed by atoms with E-state index >= 15 is 0 Å². The Bertz CT molecular complexity index is 634. The van der Waals surface area contributed by atoms with Gasteiger partial charge in [0, 0.05) is 22.5 Å². The molecule has 0 saturated heterocycles. The van der Waals surface area contributed by atoms with Crippen LogP contribution in [0.2, 0.25) is 0 Å². The van der Waals surface area contributed by atoms with Crippen molar-refractivity contribution >= 4 is 27.5 Å². The summed E-state index contributed by atoms with van der Waals surface area (Å²) < 4.78 is 1.06. The number of carbonyl (C=O) groups is 1. The number of aryl methyl sites for hydroxylation is 1. The number of halogens is 1. The second-order valence-corrected chi connectivity index (χ2v) is 5.86. The van der Waals surface area contributed by atoms with Crippen LogP contribution in [0.5, 0.6) is 0 Å². The highest BCUT2D eigenvalue weighted by Gasteiger charge is 2.26. The maximum absolute atomic E-state index is 11.8. The van der Waals surface area contributed by atoms with E-state index in [-0.39, 0.29) is 11.8 Å². The zero-order valence-electron chi connectivity index (χ0n) is 10.6. The van der Waals surface area contributed by atoms with Crippen LogP contribution in [0.25, 0.3) is 0 Å². The predicted octanol–water partition coefficient (Wildman–Crippen LogP) is 4.23. The Morgan fingerprint density at radius 1 is 1.16 bits per heavy atom. The van der Waals surface area contributed by atoms with E-state index in [9.17, 15) is 4.79 Å². The SMILES string of the molecule is Cc1ccc2c(c1)C(c1ccc(Br)cc1)CC(=O)N2. The van der Waals surface area contributed by atoms with Crippen LogP contribution in [-0.2, 0) is 4.79 Å². The summed E-state index contributed by atoms with van der Waals surface area (Å²) in [4.78, 5) is 11.8. The molecule has 0 saturated carbocycles. The van der Waals surface area contributed by atoms with Gasteiger partial charge in [-0.2, -0.15) is 0 Å². The molecular formula is C16H14BrNO. The van der Waals surface area contributed by atoms with Gasteiger partial charge in [-0.1, -0.05) is 45.8 Å². The van der Waals surface area contributed by atoms with E-state index in [1.54, 1.807) is 0 Å². The minimum Gasteiger partial charge on any atom is -0.326 e. The average Bonchev–Trinajstić information content (AvgIpc) is 2.39. The van der Waals surface area contributed by atoms with Gasteiger partial charge in [0.15, 0.2) is 0 Å². The normalized spacial score (nSPS) is 17.8. The standard InChI is InChI=1S/C16H14BrNO/c1-10-2-7-15-14(8-10)13(9-16(19)18-15)11-3-5-12(17)6-4-11/h2-8,13H,9H2,1H3,(H,18,19). The van der Waals surface area contributed by atoms with Crippen molar-refractivity contribution in [3.05, 3.63) is 63.6 Å². The highest BCUT2D eigenvalue weighted by atomic mass is 79.9. The summed E-state index contributed by atoms with van der Waals surface area (Å²) in [5, 5.41) is 2.95. The summed E-state index contributed by atoms with van der Waals surface area (Å²) in [6.07, 6.45) is 0.512. The van der Waals surface area contributed by atoms with Crippen LogP contribution in [0.15, 0.2) is 46.9 Å². The van der Waals surface area contributed by atoms with Crippen molar-refractivity contribution in [3.63, 3.8) is 0 Å². The summed E-state index contributed by atoms with van der Waals surface area (Å²) in [6, 6.07) is 14.4. The molecule has 2 aromatic carbocycles. The molecule has 1 atom stereocenters. The minimum atomic E-state index is 0.0873. The maximum atomic E-state index is 11.8. The van der Waals surface area contributed by atoms with E-state index in [0.29, 0.717) is 6.42 Å². The summed E-state index contributed by atoms with van der Waals surface area (Å²) in [7, 11) is 0. The fourth-order valence-corrected chi connectivity index (χ4v) is 2.84. The summed E-state index contributed by atoms with van der Waals surface area (Å²) in [6.45, 7) is 2.08. The third-order valence-electron chi connectivity index (χ3n) is 3.52. The molecule has 0 aromatic heterocycles. The van der Waals surface area contributed by atoms with Crippen LogP contribution in [0.3, 0.4) is 0 Å². The van der Waals surface area contributed by atoms with Gasteiger partial charge in [0.2, 0.25) is 5.91 Å². The number of amides is 1. The van der Waals surface area contributed by atoms with E-state index in [1.165, 1.54) is 16.7 Å². The van der Waals surface area contributed by atoms with Gasteiger partial charge in [0.05, 0.1) is 0 Å². The Balaban J connectivity index is 2.09. The molecule has 2 nitrogen and oxygen atoms in total. The van der Waals surface area contributed by atoms with Gasteiger partial charge < -0.3 is 5.32 Å². The highest BCUT2D eigenvalue weighted by molar-refractivity contribution is 9.10. The number of benzene rings is 2. The van der Waals surface area contributed by atoms with Crippen LogP contribution in [0.1, 0.15) is 29.0 Å². The van der Waals surface area contributed by atoms with Crippen LogP contribution in [0.4, 0.5) is 5.69 Å². The summed E-state index contributed by atoms with van der Waals surface area (Å²) in [5.41, 5.74) is 4.55. The lowest BCUT2D eigenvalue weighted by molar-refractivity contribution is -0.116. The minimum absolute atomic E-state index is 0.0873. The van der Waals surface area contributed by atoms with Crippen molar-refractivity contribution in [3.8, 4) is 0 Å². The number of rotatable bonds is 1. The molecule has 3 rings (SSSR count). The number of hydrogen-bond donors (Lipinski definition) is 1. The number of anilines is 1. The molecular weight excluding hydrogens is 302 g/mol. The highest BCUT2D eigenvalue weighted by Crippen LogP contribution is 2.37. The van der Waals surface area contributed by atoms with Crippen molar-refractivity contribution in [2.45, 2.75) is 19.3 Å². The van der Waals surface area contributed by atoms with Crippen LogP contribution >= 0.6 is 15.9 Å².